The molecular weight excluding hydrogens is 450 g/mol. The molecule has 1 aromatic rings. The van der Waals surface area contributed by atoms with E-state index < -0.39 is 66.3 Å². The minimum Gasteiger partial charge on any atom is -0.480 e. The number of aromatic nitrogens is 2. The van der Waals surface area contributed by atoms with Gasteiger partial charge >= 0.3 is 5.97 Å². The van der Waals surface area contributed by atoms with Crippen LogP contribution in [0.25, 0.3) is 0 Å². The Kier molecular flexibility index (Phi) is 11.7. The van der Waals surface area contributed by atoms with Gasteiger partial charge in [-0.2, -0.15) is 0 Å². The lowest BCUT2D eigenvalue weighted by Crippen LogP contribution is -2.59. The first-order valence-corrected chi connectivity index (χ1v) is 10.8. The predicted molar refractivity (Wildman–Crippen MR) is 119 cm³/mol. The zero-order valence-corrected chi connectivity index (χ0v) is 19.1. The molecule has 0 fully saturated rings. The average Bonchev–Trinajstić information content (AvgIpc) is 3.31. The number of H-pyrrole nitrogens is 1. The SMILES string of the molecule is CCC(C)C(NC(=O)C(CCC(N)=O)NC(=O)C(N)CO)C(=O)NC(Cc1cnc[nH]1)C(=O)O. The third-order valence-corrected chi connectivity index (χ3v) is 5.23. The van der Waals surface area contributed by atoms with Gasteiger partial charge in [-0.15, -0.1) is 0 Å². The van der Waals surface area contributed by atoms with Gasteiger partial charge in [-0.25, -0.2) is 9.78 Å². The molecule has 0 spiro atoms. The number of nitrogens with one attached hydrogen (secondary N) is 4. The highest BCUT2D eigenvalue weighted by Crippen LogP contribution is 2.11. The maximum absolute atomic E-state index is 13.0. The maximum atomic E-state index is 13.0. The van der Waals surface area contributed by atoms with Gasteiger partial charge in [0.05, 0.1) is 12.9 Å². The second-order valence-electron chi connectivity index (χ2n) is 7.91. The summed E-state index contributed by atoms with van der Waals surface area (Å²) in [6.45, 7) is 2.80. The normalized spacial score (nSPS) is 15.3. The number of aliphatic hydroxyl groups excluding tert-OH is 1. The van der Waals surface area contributed by atoms with Gasteiger partial charge in [0, 0.05) is 24.7 Å². The van der Waals surface area contributed by atoms with Crippen molar-refractivity contribution >= 4 is 29.6 Å². The standard InChI is InChI=1S/C20H33N7O7/c1-3-10(2)16(19(32)26-14(20(33)34)6-11-7-23-9-24-11)27-18(31)13(4-5-15(22)29)25-17(30)12(21)8-28/h7,9-10,12-14,16,28H,3-6,8,21H2,1-2H3,(H2,22,29)(H,23,24)(H,25,30)(H,26,32)(H,27,31)(H,33,34). The average molecular weight is 484 g/mol. The van der Waals surface area contributed by atoms with Crippen LogP contribution in [0.15, 0.2) is 12.5 Å². The first-order chi connectivity index (χ1) is 16.0. The molecule has 0 bridgehead atoms. The summed E-state index contributed by atoms with van der Waals surface area (Å²) in [5, 5.41) is 25.8. The number of hydrogen-bond donors (Lipinski definition) is 8. The Morgan fingerprint density at radius 1 is 1.09 bits per heavy atom. The number of primary amides is 1. The van der Waals surface area contributed by atoms with E-state index in [9.17, 15) is 29.1 Å². The molecule has 0 aliphatic carbocycles. The molecular formula is C20H33N7O7. The maximum Gasteiger partial charge on any atom is 0.326 e. The van der Waals surface area contributed by atoms with Crippen molar-refractivity contribution in [2.24, 2.45) is 17.4 Å². The van der Waals surface area contributed by atoms with Crippen LogP contribution >= 0.6 is 0 Å². The van der Waals surface area contributed by atoms with Crippen LogP contribution in [0.3, 0.4) is 0 Å². The van der Waals surface area contributed by atoms with Gasteiger partial charge in [0.15, 0.2) is 0 Å². The van der Waals surface area contributed by atoms with Crippen LogP contribution in [0.4, 0.5) is 0 Å². The summed E-state index contributed by atoms with van der Waals surface area (Å²) in [6, 6.07) is -4.99. The van der Waals surface area contributed by atoms with Crippen LogP contribution in [0, 0.1) is 5.92 Å². The van der Waals surface area contributed by atoms with Crippen LogP contribution in [0.5, 0.6) is 0 Å². The Morgan fingerprint density at radius 3 is 2.24 bits per heavy atom. The predicted octanol–water partition coefficient (Wildman–Crippen LogP) is -2.88. The quantitative estimate of drug-likeness (QED) is 0.127. The number of aliphatic carboxylic acids is 1. The second kappa shape index (κ2) is 13.9. The van der Waals surface area contributed by atoms with E-state index in [1.807, 2.05) is 0 Å². The van der Waals surface area contributed by atoms with Crippen molar-refractivity contribution in [3.63, 3.8) is 0 Å². The van der Waals surface area contributed by atoms with E-state index in [1.54, 1.807) is 13.8 Å². The molecule has 5 atom stereocenters. The Morgan fingerprint density at radius 2 is 1.74 bits per heavy atom. The highest BCUT2D eigenvalue weighted by atomic mass is 16.4. The lowest BCUT2D eigenvalue weighted by Gasteiger charge is -2.28. The highest BCUT2D eigenvalue weighted by molar-refractivity contribution is 5.94. The molecule has 1 heterocycles. The topological polar surface area (TPSA) is 243 Å². The van der Waals surface area contributed by atoms with Gasteiger partial charge in [-0.05, 0) is 12.3 Å². The molecule has 14 heteroatoms. The number of nitrogens with zero attached hydrogens (tertiary/aromatic N) is 1. The summed E-state index contributed by atoms with van der Waals surface area (Å²) in [6.07, 6.45) is 2.80. The minimum absolute atomic E-state index is 0.0570. The molecule has 14 nitrogen and oxygen atoms in total. The van der Waals surface area contributed by atoms with Crippen molar-refractivity contribution in [1.29, 1.82) is 0 Å². The number of rotatable bonds is 15. The fraction of sp³-hybridized carbons (Fsp3) is 0.600. The van der Waals surface area contributed by atoms with Crippen molar-refractivity contribution in [3.8, 4) is 0 Å². The number of carbonyl (C=O) groups excluding carboxylic acids is 4. The second-order valence-corrected chi connectivity index (χ2v) is 7.91. The molecule has 1 rings (SSSR count). The lowest BCUT2D eigenvalue weighted by atomic mass is 9.96. The zero-order valence-electron chi connectivity index (χ0n) is 19.1. The molecule has 4 amide bonds. The molecule has 0 radical (unpaired) electrons. The molecule has 0 saturated heterocycles. The molecule has 5 unspecified atom stereocenters. The summed E-state index contributed by atoms with van der Waals surface area (Å²) >= 11 is 0. The van der Waals surface area contributed by atoms with Gasteiger partial charge < -0.3 is 42.6 Å². The number of hydrogen-bond acceptors (Lipinski definition) is 8. The molecule has 10 N–H and O–H groups in total. The number of nitrogens with two attached hydrogens (primary N) is 2. The first-order valence-electron chi connectivity index (χ1n) is 10.8. The molecule has 0 aliphatic rings. The number of carboxylic acid groups (broad SMARTS) is 1. The molecule has 0 aromatic carbocycles. The smallest absolute Gasteiger partial charge is 0.326 e. The van der Waals surface area contributed by atoms with Gasteiger partial charge in [0.25, 0.3) is 0 Å². The first kappa shape index (κ1) is 28.5. The summed E-state index contributed by atoms with van der Waals surface area (Å²) < 4.78 is 0. The van der Waals surface area contributed by atoms with Gasteiger partial charge in [-0.1, -0.05) is 20.3 Å². The van der Waals surface area contributed by atoms with E-state index in [2.05, 4.69) is 25.9 Å². The highest BCUT2D eigenvalue weighted by Gasteiger charge is 2.33. The summed E-state index contributed by atoms with van der Waals surface area (Å²) in [5.74, 6) is -4.75. The van der Waals surface area contributed by atoms with Crippen LogP contribution in [-0.2, 0) is 30.4 Å². The van der Waals surface area contributed by atoms with Crippen molar-refractivity contribution in [1.82, 2.24) is 25.9 Å². The Labute approximate surface area is 196 Å². The van der Waals surface area contributed by atoms with Crippen LogP contribution in [-0.4, -0.2) is 80.6 Å². The van der Waals surface area contributed by atoms with Gasteiger partial charge in [0.1, 0.15) is 24.2 Å². The number of aromatic amines is 1. The summed E-state index contributed by atoms with van der Waals surface area (Å²) in [5.41, 5.74) is 11.1. The van der Waals surface area contributed by atoms with Crippen molar-refractivity contribution in [3.05, 3.63) is 18.2 Å². The van der Waals surface area contributed by atoms with Crippen LogP contribution in [0.1, 0.15) is 38.8 Å². The Bertz CT molecular complexity index is 846. The van der Waals surface area contributed by atoms with E-state index in [0.29, 0.717) is 12.1 Å². The third kappa shape index (κ3) is 9.15. The Hall–Kier alpha value is -3.52. The minimum atomic E-state index is -1.30. The zero-order chi connectivity index (χ0) is 25.8. The van der Waals surface area contributed by atoms with E-state index in [1.165, 1.54) is 12.5 Å². The summed E-state index contributed by atoms with van der Waals surface area (Å²) in [7, 11) is 0. The van der Waals surface area contributed by atoms with E-state index in [0.717, 1.165) is 0 Å². The summed E-state index contributed by atoms with van der Waals surface area (Å²) in [4.78, 5) is 67.4. The van der Waals surface area contributed by atoms with E-state index in [-0.39, 0.29) is 19.3 Å². The fourth-order valence-electron chi connectivity index (χ4n) is 2.95. The van der Waals surface area contributed by atoms with Crippen molar-refractivity contribution in [2.45, 2.75) is 63.7 Å². The largest absolute Gasteiger partial charge is 0.480 e. The number of aliphatic hydroxyl groups is 1. The van der Waals surface area contributed by atoms with E-state index in [4.69, 9.17) is 16.6 Å². The number of amides is 4. The van der Waals surface area contributed by atoms with Crippen molar-refractivity contribution in [2.75, 3.05) is 6.61 Å². The number of carbonyl (C=O) groups is 5. The molecule has 190 valence electrons. The molecule has 0 aliphatic heterocycles. The number of imidazole rings is 1. The molecule has 1 aromatic heterocycles. The monoisotopic (exact) mass is 483 g/mol. The Balaban J connectivity index is 3.01. The van der Waals surface area contributed by atoms with Gasteiger partial charge in [-0.3, -0.25) is 19.2 Å². The van der Waals surface area contributed by atoms with Crippen molar-refractivity contribution < 1.29 is 34.2 Å². The van der Waals surface area contributed by atoms with Crippen LogP contribution < -0.4 is 27.4 Å². The lowest BCUT2D eigenvalue weighted by molar-refractivity contribution is -0.142. The van der Waals surface area contributed by atoms with Crippen LogP contribution in [0.2, 0.25) is 0 Å². The van der Waals surface area contributed by atoms with Gasteiger partial charge in [0.2, 0.25) is 23.6 Å². The third-order valence-electron chi connectivity index (χ3n) is 5.23. The fourth-order valence-corrected chi connectivity index (χ4v) is 2.95. The number of carboxylic acids is 1. The molecule has 34 heavy (non-hydrogen) atoms. The molecule has 0 saturated carbocycles. The van der Waals surface area contributed by atoms with E-state index >= 15 is 0 Å².